The molecule has 0 aliphatic carbocycles. The van der Waals surface area contributed by atoms with Crippen LogP contribution in [0, 0.1) is 0 Å². The summed E-state index contributed by atoms with van der Waals surface area (Å²) < 4.78 is 27.9. The van der Waals surface area contributed by atoms with Crippen molar-refractivity contribution >= 4 is 45.4 Å². The van der Waals surface area contributed by atoms with Crippen molar-refractivity contribution in [3.8, 4) is 0 Å². The van der Waals surface area contributed by atoms with E-state index in [2.05, 4.69) is 5.32 Å². The van der Waals surface area contributed by atoms with Crippen molar-refractivity contribution < 1.29 is 22.7 Å². The zero-order valence-electron chi connectivity index (χ0n) is 16.1. The molecule has 1 aliphatic rings. The average Bonchev–Trinajstić information content (AvgIpc) is 3.27. The standard InChI is InChI=1S/C20H22N2O5S3/c21-30(25,26)17-7-1-14(2-8-17)9-10-22-18(23)13-27-19(24)15-3-5-16(6-4-15)20-28-11-12-29-20/h1-8,20H,9-13H2,(H,22,23)(H2,21,25,26). The second-order valence-electron chi connectivity index (χ2n) is 6.56. The summed E-state index contributed by atoms with van der Waals surface area (Å²) in [4.78, 5) is 24.0. The van der Waals surface area contributed by atoms with E-state index in [1.165, 1.54) is 17.7 Å². The first-order valence-corrected chi connectivity index (χ1v) is 12.9. The van der Waals surface area contributed by atoms with Gasteiger partial charge >= 0.3 is 5.97 Å². The lowest BCUT2D eigenvalue weighted by Crippen LogP contribution is -2.30. The molecule has 10 heteroatoms. The monoisotopic (exact) mass is 466 g/mol. The summed E-state index contributed by atoms with van der Waals surface area (Å²) in [6, 6.07) is 13.4. The molecule has 1 aliphatic heterocycles. The average molecular weight is 467 g/mol. The first-order valence-electron chi connectivity index (χ1n) is 9.22. The molecule has 7 nitrogen and oxygen atoms in total. The molecule has 2 aromatic rings. The van der Waals surface area contributed by atoms with Crippen LogP contribution in [0.2, 0.25) is 0 Å². The van der Waals surface area contributed by atoms with E-state index in [0.717, 1.165) is 17.1 Å². The van der Waals surface area contributed by atoms with Crippen molar-refractivity contribution in [2.45, 2.75) is 15.9 Å². The number of carbonyl (C=O) groups is 2. The van der Waals surface area contributed by atoms with Crippen LogP contribution in [0.1, 0.15) is 26.1 Å². The summed E-state index contributed by atoms with van der Waals surface area (Å²) >= 11 is 3.79. The Hall–Kier alpha value is -2.01. The minimum Gasteiger partial charge on any atom is -0.452 e. The van der Waals surface area contributed by atoms with Crippen LogP contribution in [0.15, 0.2) is 53.4 Å². The van der Waals surface area contributed by atoms with E-state index < -0.39 is 21.9 Å². The molecule has 1 fully saturated rings. The lowest BCUT2D eigenvalue weighted by atomic mass is 10.1. The largest absolute Gasteiger partial charge is 0.452 e. The molecular weight excluding hydrogens is 444 g/mol. The van der Waals surface area contributed by atoms with E-state index in [4.69, 9.17) is 9.88 Å². The lowest BCUT2D eigenvalue weighted by Gasteiger charge is -2.10. The summed E-state index contributed by atoms with van der Waals surface area (Å²) in [5, 5.41) is 7.72. The van der Waals surface area contributed by atoms with Gasteiger partial charge in [0.1, 0.15) is 0 Å². The predicted octanol–water partition coefficient (Wildman–Crippen LogP) is 2.33. The number of nitrogens with two attached hydrogens (primary N) is 1. The molecule has 160 valence electrons. The van der Waals surface area contributed by atoms with Gasteiger partial charge in [0.2, 0.25) is 10.0 Å². The number of hydrogen-bond donors (Lipinski definition) is 2. The number of hydrogen-bond acceptors (Lipinski definition) is 7. The van der Waals surface area contributed by atoms with Crippen LogP contribution >= 0.6 is 23.5 Å². The number of thioether (sulfide) groups is 2. The molecule has 3 rings (SSSR count). The maximum atomic E-state index is 12.1. The summed E-state index contributed by atoms with van der Waals surface area (Å²) in [5.41, 5.74) is 2.43. The maximum Gasteiger partial charge on any atom is 0.338 e. The second-order valence-corrected chi connectivity index (χ2v) is 10.8. The van der Waals surface area contributed by atoms with Crippen molar-refractivity contribution in [3.05, 3.63) is 65.2 Å². The zero-order valence-corrected chi connectivity index (χ0v) is 18.5. The van der Waals surface area contributed by atoms with E-state index in [-0.39, 0.29) is 11.5 Å². The van der Waals surface area contributed by atoms with Crippen LogP contribution in [-0.2, 0) is 26.0 Å². The van der Waals surface area contributed by atoms with Gasteiger partial charge in [-0.2, -0.15) is 0 Å². The molecule has 0 spiro atoms. The number of esters is 1. The van der Waals surface area contributed by atoms with Crippen molar-refractivity contribution in [2.75, 3.05) is 24.7 Å². The Kier molecular flexibility index (Phi) is 7.81. The molecule has 2 aromatic carbocycles. The van der Waals surface area contributed by atoms with E-state index >= 15 is 0 Å². The third kappa shape index (κ3) is 6.49. The van der Waals surface area contributed by atoms with Crippen LogP contribution in [0.4, 0.5) is 0 Å². The fourth-order valence-electron chi connectivity index (χ4n) is 2.78. The molecular formula is C20H22N2O5S3. The summed E-state index contributed by atoms with van der Waals surface area (Å²) in [6.45, 7) is -0.0320. The number of rotatable bonds is 8. The Balaban J connectivity index is 1.39. The minimum absolute atomic E-state index is 0.0379. The van der Waals surface area contributed by atoms with E-state index in [1.807, 2.05) is 35.7 Å². The fourth-order valence-corrected chi connectivity index (χ4v) is 6.16. The van der Waals surface area contributed by atoms with Gasteiger partial charge in [0.05, 0.1) is 15.0 Å². The van der Waals surface area contributed by atoms with E-state index in [9.17, 15) is 18.0 Å². The predicted molar refractivity (Wildman–Crippen MR) is 119 cm³/mol. The number of amides is 1. The zero-order chi connectivity index (χ0) is 21.6. The summed E-state index contributed by atoms with van der Waals surface area (Å²) in [5.74, 6) is 1.33. The van der Waals surface area contributed by atoms with E-state index in [0.29, 0.717) is 23.1 Å². The highest BCUT2D eigenvalue weighted by Gasteiger charge is 2.19. The van der Waals surface area contributed by atoms with Crippen molar-refractivity contribution in [1.82, 2.24) is 5.32 Å². The molecule has 1 saturated heterocycles. The van der Waals surface area contributed by atoms with Gasteiger partial charge in [-0.15, -0.1) is 23.5 Å². The SMILES string of the molecule is NS(=O)(=O)c1ccc(CCNC(=O)COC(=O)c2ccc(C3SCCS3)cc2)cc1. The molecule has 30 heavy (non-hydrogen) atoms. The first kappa shape index (κ1) is 22.7. The fraction of sp³-hybridized carbons (Fsp3) is 0.300. The van der Waals surface area contributed by atoms with Gasteiger partial charge in [-0.25, -0.2) is 18.4 Å². The Morgan fingerprint density at radius 2 is 1.67 bits per heavy atom. The van der Waals surface area contributed by atoms with Crippen LogP contribution in [0.25, 0.3) is 0 Å². The third-order valence-electron chi connectivity index (χ3n) is 4.36. The van der Waals surface area contributed by atoms with Gasteiger partial charge in [0, 0.05) is 18.1 Å². The van der Waals surface area contributed by atoms with Crippen molar-refractivity contribution in [2.24, 2.45) is 5.14 Å². The number of benzene rings is 2. The highest BCUT2D eigenvalue weighted by Crippen LogP contribution is 2.45. The summed E-state index contributed by atoms with van der Waals surface area (Å²) in [6.07, 6.45) is 0.503. The third-order valence-corrected chi connectivity index (χ3v) is 8.40. The van der Waals surface area contributed by atoms with Gasteiger partial charge in [0.15, 0.2) is 6.61 Å². The number of sulfonamides is 1. The minimum atomic E-state index is -3.72. The number of primary sulfonamides is 1. The molecule has 1 heterocycles. The number of nitrogens with one attached hydrogen (secondary N) is 1. The van der Waals surface area contributed by atoms with Gasteiger partial charge in [-0.3, -0.25) is 4.79 Å². The molecule has 0 radical (unpaired) electrons. The maximum absolute atomic E-state index is 12.1. The van der Waals surface area contributed by atoms with Gasteiger partial charge in [-0.05, 0) is 41.8 Å². The molecule has 3 N–H and O–H groups in total. The smallest absolute Gasteiger partial charge is 0.338 e. The highest BCUT2D eigenvalue weighted by atomic mass is 32.2. The lowest BCUT2D eigenvalue weighted by molar-refractivity contribution is -0.124. The Morgan fingerprint density at radius 3 is 2.27 bits per heavy atom. The number of carbonyl (C=O) groups excluding carboxylic acids is 2. The quantitative estimate of drug-likeness (QED) is 0.574. The van der Waals surface area contributed by atoms with Gasteiger partial charge in [0.25, 0.3) is 5.91 Å². The van der Waals surface area contributed by atoms with Crippen LogP contribution in [0.3, 0.4) is 0 Å². The van der Waals surface area contributed by atoms with Gasteiger partial charge in [-0.1, -0.05) is 24.3 Å². The van der Waals surface area contributed by atoms with Crippen LogP contribution in [0.5, 0.6) is 0 Å². The Morgan fingerprint density at radius 1 is 1.03 bits per heavy atom. The second kappa shape index (κ2) is 10.3. The Labute approximate surface area is 184 Å². The Bertz CT molecular complexity index is 986. The van der Waals surface area contributed by atoms with Gasteiger partial charge < -0.3 is 10.1 Å². The van der Waals surface area contributed by atoms with E-state index in [1.54, 1.807) is 24.3 Å². The molecule has 0 bridgehead atoms. The van der Waals surface area contributed by atoms with Crippen LogP contribution in [-0.4, -0.2) is 45.0 Å². The highest BCUT2D eigenvalue weighted by molar-refractivity contribution is 8.19. The molecule has 0 saturated carbocycles. The molecule has 0 unspecified atom stereocenters. The molecule has 0 atom stereocenters. The summed E-state index contributed by atoms with van der Waals surface area (Å²) in [7, 11) is -3.72. The molecule has 0 aromatic heterocycles. The van der Waals surface area contributed by atoms with Crippen LogP contribution < -0.4 is 10.5 Å². The van der Waals surface area contributed by atoms with Crippen molar-refractivity contribution in [1.29, 1.82) is 0 Å². The normalized spacial score (nSPS) is 14.4. The topological polar surface area (TPSA) is 116 Å². The molecule has 1 amide bonds. The van der Waals surface area contributed by atoms with Crippen molar-refractivity contribution in [3.63, 3.8) is 0 Å². The number of ether oxygens (including phenoxy) is 1. The first-order chi connectivity index (χ1) is 14.3.